The highest BCUT2D eigenvalue weighted by Crippen LogP contribution is 2.11. The first-order valence-electron chi connectivity index (χ1n) is 5.81. The third-order valence-electron chi connectivity index (χ3n) is 2.45. The SMILES string of the molecule is CCOC(=O)c1cnc(-c2cc(C)ccn2)[nH]c1=O. The molecule has 19 heavy (non-hydrogen) atoms. The van der Waals surface area contributed by atoms with Crippen LogP contribution in [0.15, 0.2) is 29.3 Å². The monoisotopic (exact) mass is 259 g/mol. The van der Waals surface area contributed by atoms with Crippen molar-refractivity contribution in [2.45, 2.75) is 13.8 Å². The van der Waals surface area contributed by atoms with Crippen molar-refractivity contribution in [1.82, 2.24) is 15.0 Å². The van der Waals surface area contributed by atoms with Gasteiger partial charge in [0.25, 0.3) is 5.56 Å². The van der Waals surface area contributed by atoms with Crippen LogP contribution in [0.2, 0.25) is 0 Å². The second-order valence-corrected chi connectivity index (χ2v) is 3.91. The second kappa shape index (κ2) is 5.43. The van der Waals surface area contributed by atoms with Gasteiger partial charge in [0.1, 0.15) is 11.3 Å². The molecule has 2 heterocycles. The minimum absolute atomic E-state index is 0.113. The second-order valence-electron chi connectivity index (χ2n) is 3.91. The van der Waals surface area contributed by atoms with E-state index in [0.29, 0.717) is 11.5 Å². The smallest absolute Gasteiger partial charge is 0.345 e. The standard InChI is InChI=1S/C13H13N3O3/c1-3-19-13(18)9-7-15-11(16-12(9)17)10-6-8(2)4-5-14-10/h4-7H,3H2,1-2H3,(H,15,16,17). The van der Waals surface area contributed by atoms with Gasteiger partial charge in [-0.05, 0) is 31.5 Å². The molecule has 0 aliphatic heterocycles. The van der Waals surface area contributed by atoms with Crippen LogP contribution in [-0.4, -0.2) is 27.5 Å². The number of hydrogen-bond acceptors (Lipinski definition) is 5. The highest BCUT2D eigenvalue weighted by Gasteiger charge is 2.13. The average molecular weight is 259 g/mol. The maximum absolute atomic E-state index is 11.8. The number of pyridine rings is 1. The summed E-state index contributed by atoms with van der Waals surface area (Å²) < 4.78 is 4.76. The van der Waals surface area contributed by atoms with Crippen molar-refractivity contribution >= 4 is 5.97 Å². The number of carbonyl (C=O) groups is 1. The van der Waals surface area contributed by atoms with E-state index < -0.39 is 11.5 Å². The summed E-state index contributed by atoms with van der Waals surface area (Å²) in [6.45, 7) is 3.79. The Labute approximate surface area is 109 Å². The molecule has 2 aromatic heterocycles. The zero-order valence-corrected chi connectivity index (χ0v) is 10.6. The molecule has 98 valence electrons. The molecule has 0 bridgehead atoms. The fourth-order valence-corrected chi connectivity index (χ4v) is 1.54. The molecule has 0 aliphatic carbocycles. The van der Waals surface area contributed by atoms with Gasteiger partial charge in [0, 0.05) is 12.4 Å². The lowest BCUT2D eigenvalue weighted by atomic mass is 10.2. The summed E-state index contributed by atoms with van der Waals surface area (Å²) in [5, 5.41) is 0. The molecule has 6 nitrogen and oxygen atoms in total. The summed E-state index contributed by atoms with van der Waals surface area (Å²) in [6, 6.07) is 3.64. The molecule has 6 heteroatoms. The summed E-state index contributed by atoms with van der Waals surface area (Å²) in [4.78, 5) is 33.9. The van der Waals surface area contributed by atoms with E-state index in [4.69, 9.17) is 4.74 Å². The summed E-state index contributed by atoms with van der Waals surface area (Å²) >= 11 is 0. The highest BCUT2D eigenvalue weighted by molar-refractivity contribution is 5.88. The zero-order chi connectivity index (χ0) is 13.8. The Kier molecular flexibility index (Phi) is 3.70. The maximum Gasteiger partial charge on any atom is 0.345 e. The van der Waals surface area contributed by atoms with Crippen molar-refractivity contribution < 1.29 is 9.53 Å². The van der Waals surface area contributed by atoms with Gasteiger partial charge in [-0.3, -0.25) is 9.78 Å². The molecule has 0 atom stereocenters. The van der Waals surface area contributed by atoms with Gasteiger partial charge >= 0.3 is 5.97 Å². The van der Waals surface area contributed by atoms with Gasteiger partial charge in [0.15, 0.2) is 5.82 Å². The number of aromatic amines is 1. The van der Waals surface area contributed by atoms with Gasteiger partial charge in [0.05, 0.1) is 6.61 Å². The van der Waals surface area contributed by atoms with E-state index in [9.17, 15) is 9.59 Å². The minimum atomic E-state index is -0.681. The number of hydrogen-bond donors (Lipinski definition) is 1. The Balaban J connectivity index is 2.39. The number of H-pyrrole nitrogens is 1. The quantitative estimate of drug-likeness (QED) is 0.840. The lowest BCUT2D eigenvalue weighted by molar-refractivity contribution is 0.0524. The van der Waals surface area contributed by atoms with Gasteiger partial charge in [0.2, 0.25) is 0 Å². The summed E-state index contributed by atoms with van der Waals surface area (Å²) in [7, 11) is 0. The minimum Gasteiger partial charge on any atom is -0.462 e. The predicted molar refractivity (Wildman–Crippen MR) is 68.8 cm³/mol. The number of rotatable bonds is 3. The van der Waals surface area contributed by atoms with Gasteiger partial charge in [-0.15, -0.1) is 0 Å². The number of esters is 1. The molecular formula is C13H13N3O3. The van der Waals surface area contributed by atoms with Crippen LogP contribution in [0.3, 0.4) is 0 Å². The number of ether oxygens (including phenoxy) is 1. The van der Waals surface area contributed by atoms with Gasteiger partial charge in [-0.25, -0.2) is 9.78 Å². The number of carbonyl (C=O) groups excluding carboxylic acids is 1. The van der Waals surface area contributed by atoms with Crippen LogP contribution >= 0.6 is 0 Å². The lowest BCUT2D eigenvalue weighted by Gasteiger charge is -2.03. The van der Waals surface area contributed by atoms with E-state index in [1.165, 1.54) is 6.20 Å². The largest absolute Gasteiger partial charge is 0.462 e. The number of aromatic nitrogens is 3. The predicted octanol–water partition coefficient (Wildman–Crippen LogP) is 1.32. The van der Waals surface area contributed by atoms with Crippen molar-refractivity contribution in [2.75, 3.05) is 6.61 Å². The van der Waals surface area contributed by atoms with Crippen LogP contribution < -0.4 is 5.56 Å². The molecule has 0 amide bonds. The Morgan fingerprint density at radius 3 is 2.84 bits per heavy atom. The van der Waals surface area contributed by atoms with Gasteiger partial charge < -0.3 is 9.72 Å². The van der Waals surface area contributed by atoms with Crippen molar-refractivity contribution in [2.24, 2.45) is 0 Å². The molecule has 0 saturated heterocycles. The third kappa shape index (κ3) is 2.85. The molecule has 2 rings (SSSR count). The van der Waals surface area contributed by atoms with Crippen LogP contribution in [-0.2, 0) is 4.74 Å². The van der Waals surface area contributed by atoms with E-state index >= 15 is 0 Å². The fraction of sp³-hybridized carbons (Fsp3) is 0.231. The number of aryl methyl sites for hydroxylation is 1. The number of nitrogens with zero attached hydrogens (tertiary/aromatic N) is 2. The van der Waals surface area contributed by atoms with E-state index in [-0.39, 0.29) is 12.2 Å². The van der Waals surface area contributed by atoms with Crippen molar-refractivity contribution in [3.63, 3.8) is 0 Å². The first-order valence-corrected chi connectivity index (χ1v) is 5.81. The molecule has 0 unspecified atom stereocenters. The van der Waals surface area contributed by atoms with Crippen LogP contribution in [0.4, 0.5) is 0 Å². The Morgan fingerprint density at radius 2 is 2.21 bits per heavy atom. The Bertz CT molecular complexity index is 664. The first kappa shape index (κ1) is 12.9. The molecule has 0 spiro atoms. The molecule has 0 aliphatic rings. The van der Waals surface area contributed by atoms with E-state index in [1.54, 1.807) is 19.2 Å². The zero-order valence-electron chi connectivity index (χ0n) is 10.6. The highest BCUT2D eigenvalue weighted by atomic mass is 16.5. The normalized spacial score (nSPS) is 10.2. The van der Waals surface area contributed by atoms with Crippen molar-refractivity contribution in [3.8, 4) is 11.5 Å². The average Bonchev–Trinajstić information content (AvgIpc) is 2.38. The summed E-state index contributed by atoms with van der Waals surface area (Å²) in [6.07, 6.45) is 2.83. The van der Waals surface area contributed by atoms with E-state index in [0.717, 1.165) is 5.56 Å². The lowest BCUT2D eigenvalue weighted by Crippen LogP contribution is -2.21. The maximum atomic E-state index is 11.8. The van der Waals surface area contributed by atoms with E-state index in [2.05, 4.69) is 15.0 Å². The molecule has 0 saturated carbocycles. The van der Waals surface area contributed by atoms with Crippen LogP contribution in [0.1, 0.15) is 22.8 Å². The van der Waals surface area contributed by atoms with Crippen molar-refractivity contribution in [3.05, 3.63) is 46.0 Å². The van der Waals surface area contributed by atoms with Crippen LogP contribution in [0, 0.1) is 6.92 Å². The molecule has 0 fully saturated rings. The molecule has 2 aromatic rings. The van der Waals surface area contributed by atoms with Gasteiger partial charge in [-0.1, -0.05) is 0 Å². The molecule has 0 radical (unpaired) electrons. The summed E-state index contributed by atoms with van der Waals surface area (Å²) in [5.74, 6) is -0.359. The topological polar surface area (TPSA) is 84.9 Å². The van der Waals surface area contributed by atoms with Crippen LogP contribution in [0.25, 0.3) is 11.5 Å². The molecule has 1 N–H and O–H groups in total. The van der Waals surface area contributed by atoms with Gasteiger partial charge in [-0.2, -0.15) is 0 Å². The van der Waals surface area contributed by atoms with E-state index in [1.807, 2.05) is 13.0 Å². The first-order chi connectivity index (χ1) is 9.11. The van der Waals surface area contributed by atoms with Crippen molar-refractivity contribution in [1.29, 1.82) is 0 Å². The fourth-order valence-electron chi connectivity index (χ4n) is 1.54. The van der Waals surface area contributed by atoms with Crippen LogP contribution in [0.5, 0.6) is 0 Å². The Morgan fingerprint density at radius 1 is 1.42 bits per heavy atom. The Hall–Kier alpha value is -2.50. The summed E-state index contributed by atoms with van der Waals surface area (Å²) in [5.41, 5.74) is 0.902. The molecular weight excluding hydrogens is 246 g/mol. The molecule has 0 aromatic carbocycles. The number of nitrogens with one attached hydrogen (secondary N) is 1. The third-order valence-corrected chi connectivity index (χ3v) is 2.45.